The van der Waals surface area contributed by atoms with Crippen molar-refractivity contribution in [3.8, 4) is 5.75 Å². The molecule has 0 aliphatic rings. The average molecular weight is 352 g/mol. The number of benzene rings is 1. The van der Waals surface area contributed by atoms with Crippen LogP contribution in [0.2, 0.25) is 5.02 Å². The summed E-state index contributed by atoms with van der Waals surface area (Å²) in [5, 5.41) is 7.35. The summed E-state index contributed by atoms with van der Waals surface area (Å²) in [6.07, 6.45) is 0. The highest BCUT2D eigenvalue weighted by Gasteiger charge is 2.23. The lowest BCUT2D eigenvalue weighted by atomic mass is 10.2. The van der Waals surface area contributed by atoms with E-state index in [9.17, 15) is 9.59 Å². The molecule has 0 bridgehead atoms. The molecular weight excluding hydrogens is 334 g/mol. The van der Waals surface area contributed by atoms with Gasteiger partial charge in [-0.2, -0.15) is 5.10 Å². The maximum absolute atomic E-state index is 12.1. The first-order valence-electron chi connectivity index (χ1n) is 7.31. The van der Waals surface area contributed by atoms with E-state index in [1.165, 1.54) is 4.68 Å². The number of amides is 1. The van der Waals surface area contributed by atoms with Crippen molar-refractivity contribution in [1.82, 2.24) is 9.78 Å². The number of nitrogens with zero attached hydrogens (tertiary/aromatic N) is 2. The Kier molecular flexibility index (Phi) is 5.81. The number of rotatable bonds is 6. The van der Waals surface area contributed by atoms with Crippen LogP contribution in [0.5, 0.6) is 5.75 Å². The summed E-state index contributed by atoms with van der Waals surface area (Å²) >= 11 is 5.79. The Morgan fingerprint density at radius 1 is 1.29 bits per heavy atom. The SMILES string of the molecule is CCOC(=O)c1c(C)nn(C)c1NC(=O)COc1ccc(Cl)cc1. The van der Waals surface area contributed by atoms with Crippen LogP contribution in [0.1, 0.15) is 23.0 Å². The molecule has 1 aromatic carbocycles. The highest BCUT2D eigenvalue weighted by Crippen LogP contribution is 2.20. The second-order valence-corrected chi connectivity index (χ2v) is 5.38. The van der Waals surface area contributed by atoms with E-state index in [2.05, 4.69) is 10.4 Å². The molecule has 1 amide bonds. The van der Waals surface area contributed by atoms with Crippen molar-refractivity contribution in [2.75, 3.05) is 18.5 Å². The van der Waals surface area contributed by atoms with Gasteiger partial charge in [-0.05, 0) is 38.1 Å². The fraction of sp³-hybridized carbons (Fsp3) is 0.312. The number of hydrogen-bond donors (Lipinski definition) is 1. The van der Waals surface area contributed by atoms with Crippen molar-refractivity contribution < 1.29 is 19.1 Å². The van der Waals surface area contributed by atoms with Crippen molar-refractivity contribution in [1.29, 1.82) is 0 Å². The van der Waals surface area contributed by atoms with E-state index in [0.29, 0.717) is 16.5 Å². The molecule has 0 spiro atoms. The average Bonchev–Trinajstić information content (AvgIpc) is 2.81. The Bertz CT molecular complexity index is 741. The molecule has 1 aromatic heterocycles. The molecule has 24 heavy (non-hydrogen) atoms. The molecule has 8 heteroatoms. The lowest BCUT2D eigenvalue weighted by molar-refractivity contribution is -0.118. The second-order valence-electron chi connectivity index (χ2n) is 4.94. The molecule has 0 saturated heterocycles. The minimum atomic E-state index is -0.531. The minimum Gasteiger partial charge on any atom is -0.484 e. The van der Waals surface area contributed by atoms with Gasteiger partial charge < -0.3 is 14.8 Å². The van der Waals surface area contributed by atoms with Gasteiger partial charge in [-0.15, -0.1) is 0 Å². The highest BCUT2D eigenvalue weighted by atomic mass is 35.5. The van der Waals surface area contributed by atoms with Crippen molar-refractivity contribution in [3.63, 3.8) is 0 Å². The summed E-state index contributed by atoms with van der Waals surface area (Å²) in [6.45, 7) is 3.41. The molecule has 1 N–H and O–H groups in total. The van der Waals surface area contributed by atoms with Crippen LogP contribution in [0.25, 0.3) is 0 Å². The summed E-state index contributed by atoms with van der Waals surface area (Å²) in [5.74, 6) is -0.160. The van der Waals surface area contributed by atoms with Crippen molar-refractivity contribution in [2.45, 2.75) is 13.8 Å². The number of aryl methyl sites for hydroxylation is 2. The molecule has 2 aromatic rings. The van der Waals surface area contributed by atoms with Gasteiger partial charge in [0.1, 0.15) is 17.1 Å². The standard InChI is InChI=1S/C16H18ClN3O4/c1-4-23-16(22)14-10(2)19-20(3)15(14)18-13(21)9-24-12-7-5-11(17)6-8-12/h5-8H,4,9H2,1-3H3,(H,18,21). The van der Waals surface area contributed by atoms with E-state index < -0.39 is 11.9 Å². The molecule has 0 atom stereocenters. The van der Waals surface area contributed by atoms with Gasteiger partial charge in [0, 0.05) is 12.1 Å². The van der Waals surface area contributed by atoms with Crippen LogP contribution in [0.4, 0.5) is 5.82 Å². The third kappa shape index (κ3) is 4.26. The molecule has 7 nitrogen and oxygen atoms in total. The lowest BCUT2D eigenvalue weighted by Crippen LogP contribution is -2.23. The van der Waals surface area contributed by atoms with Crippen molar-refractivity contribution >= 4 is 29.3 Å². The van der Waals surface area contributed by atoms with Crippen molar-refractivity contribution in [2.24, 2.45) is 7.05 Å². The zero-order valence-corrected chi connectivity index (χ0v) is 14.4. The Labute approximate surface area is 144 Å². The van der Waals surface area contributed by atoms with Crippen molar-refractivity contribution in [3.05, 3.63) is 40.5 Å². The smallest absolute Gasteiger partial charge is 0.343 e. The number of hydrogen-bond acceptors (Lipinski definition) is 5. The maximum atomic E-state index is 12.1. The number of halogens is 1. The quantitative estimate of drug-likeness (QED) is 0.809. The molecule has 128 valence electrons. The van der Waals surface area contributed by atoms with E-state index in [0.717, 1.165) is 0 Å². The Balaban J connectivity index is 2.05. The number of ether oxygens (including phenoxy) is 2. The van der Waals surface area contributed by atoms with Crippen LogP contribution >= 0.6 is 11.6 Å². The van der Waals surface area contributed by atoms with Gasteiger partial charge in [-0.25, -0.2) is 4.79 Å². The van der Waals surface area contributed by atoms with Gasteiger partial charge in [-0.3, -0.25) is 9.48 Å². The van der Waals surface area contributed by atoms with E-state index >= 15 is 0 Å². The lowest BCUT2D eigenvalue weighted by Gasteiger charge is -2.09. The van der Waals surface area contributed by atoms with Crippen LogP contribution < -0.4 is 10.1 Å². The first kappa shape index (κ1) is 17.8. The summed E-state index contributed by atoms with van der Waals surface area (Å²) < 4.78 is 11.8. The Hall–Kier alpha value is -2.54. The van der Waals surface area contributed by atoms with Crippen LogP contribution in [0.15, 0.2) is 24.3 Å². The number of esters is 1. The Morgan fingerprint density at radius 3 is 2.58 bits per heavy atom. The van der Waals surface area contributed by atoms with Gasteiger partial charge in [0.15, 0.2) is 6.61 Å². The molecule has 1 heterocycles. The predicted octanol–water partition coefficient (Wildman–Crippen LogP) is 2.58. The fourth-order valence-electron chi connectivity index (χ4n) is 2.10. The van der Waals surface area contributed by atoms with E-state index in [1.54, 1.807) is 45.2 Å². The zero-order valence-electron chi connectivity index (χ0n) is 13.6. The molecule has 0 aliphatic carbocycles. The minimum absolute atomic E-state index is 0.214. The number of carbonyl (C=O) groups excluding carboxylic acids is 2. The van der Waals surface area contributed by atoms with E-state index in [-0.39, 0.29) is 24.6 Å². The fourth-order valence-corrected chi connectivity index (χ4v) is 2.22. The van der Waals surface area contributed by atoms with Gasteiger partial charge in [0.2, 0.25) is 0 Å². The Morgan fingerprint density at radius 2 is 1.96 bits per heavy atom. The van der Waals surface area contributed by atoms with Crippen LogP contribution in [-0.2, 0) is 16.6 Å². The van der Waals surface area contributed by atoms with Crippen LogP contribution in [0.3, 0.4) is 0 Å². The predicted molar refractivity (Wildman–Crippen MR) is 89.5 cm³/mol. The number of carbonyl (C=O) groups is 2. The third-order valence-corrected chi connectivity index (χ3v) is 3.40. The molecule has 0 saturated carbocycles. The molecule has 0 aliphatic heterocycles. The van der Waals surface area contributed by atoms with Gasteiger partial charge in [0.05, 0.1) is 12.3 Å². The van der Waals surface area contributed by atoms with Crippen LogP contribution in [0, 0.1) is 6.92 Å². The summed E-state index contributed by atoms with van der Waals surface area (Å²) in [7, 11) is 1.63. The third-order valence-electron chi connectivity index (χ3n) is 3.14. The topological polar surface area (TPSA) is 82.5 Å². The van der Waals surface area contributed by atoms with Gasteiger partial charge >= 0.3 is 5.97 Å². The van der Waals surface area contributed by atoms with Crippen LogP contribution in [-0.4, -0.2) is 34.9 Å². The molecular formula is C16H18ClN3O4. The summed E-state index contributed by atoms with van der Waals surface area (Å²) in [6, 6.07) is 6.65. The number of anilines is 1. The molecule has 0 fully saturated rings. The number of nitrogens with one attached hydrogen (secondary N) is 1. The molecule has 0 radical (unpaired) electrons. The van der Waals surface area contributed by atoms with Gasteiger partial charge in [0.25, 0.3) is 5.91 Å². The second kappa shape index (κ2) is 7.83. The van der Waals surface area contributed by atoms with Gasteiger partial charge in [-0.1, -0.05) is 11.6 Å². The molecule has 2 rings (SSSR count). The first-order valence-corrected chi connectivity index (χ1v) is 7.69. The normalized spacial score (nSPS) is 10.3. The first-order chi connectivity index (χ1) is 11.4. The van der Waals surface area contributed by atoms with E-state index in [1.807, 2.05) is 0 Å². The maximum Gasteiger partial charge on any atom is 0.343 e. The highest BCUT2D eigenvalue weighted by molar-refractivity contribution is 6.30. The summed E-state index contributed by atoms with van der Waals surface area (Å²) in [4.78, 5) is 24.1. The monoisotopic (exact) mass is 351 g/mol. The van der Waals surface area contributed by atoms with E-state index in [4.69, 9.17) is 21.1 Å². The zero-order chi connectivity index (χ0) is 17.7. The largest absolute Gasteiger partial charge is 0.484 e. The number of aromatic nitrogens is 2. The summed E-state index contributed by atoms with van der Waals surface area (Å²) in [5.41, 5.74) is 0.712. The molecule has 0 unspecified atom stereocenters.